The molecule has 0 bridgehead atoms. The molecular formula is C12H13N3O2S. The zero-order valence-corrected chi connectivity index (χ0v) is 10.7. The smallest absolute Gasteiger partial charge is 0.207 e. The molecule has 18 heavy (non-hydrogen) atoms. The maximum absolute atomic E-state index is 12.1. The van der Waals surface area contributed by atoms with Gasteiger partial charge in [-0.1, -0.05) is 6.92 Å². The molecule has 1 aromatic heterocycles. The lowest BCUT2D eigenvalue weighted by Crippen LogP contribution is -2.40. The molecule has 0 aliphatic carbocycles. The molecule has 0 fully saturated rings. The second-order valence-electron chi connectivity index (χ2n) is 3.82. The fourth-order valence-electron chi connectivity index (χ4n) is 1.69. The highest BCUT2D eigenvalue weighted by Gasteiger charge is 2.24. The molecule has 0 radical (unpaired) electrons. The highest BCUT2D eigenvalue weighted by atomic mass is 32.1. The summed E-state index contributed by atoms with van der Waals surface area (Å²) in [6, 6.07) is 1.42. The van der Waals surface area contributed by atoms with E-state index in [-0.39, 0.29) is 5.78 Å². The lowest BCUT2D eigenvalue weighted by atomic mass is 10.1. The van der Waals surface area contributed by atoms with E-state index in [1.165, 1.54) is 0 Å². The van der Waals surface area contributed by atoms with E-state index < -0.39 is 6.04 Å². The Bertz CT molecular complexity index is 505. The predicted octanol–water partition coefficient (Wildman–Crippen LogP) is 1.04. The lowest BCUT2D eigenvalue weighted by molar-refractivity contribution is -0.118. The van der Waals surface area contributed by atoms with Gasteiger partial charge in [0.05, 0.1) is 12.6 Å². The summed E-state index contributed by atoms with van der Waals surface area (Å²) in [5.41, 5.74) is 1.34. The zero-order valence-electron chi connectivity index (χ0n) is 9.92. The number of thiophene rings is 1. The van der Waals surface area contributed by atoms with Crippen LogP contribution in [0.25, 0.3) is 0 Å². The molecule has 0 saturated heterocycles. The van der Waals surface area contributed by atoms with Gasteiger partial charge in [-0.2, -0.15) is 11.3 Å². The topological polar surface area (TPSA) is 70.9 Å². The quantitative estimate of drug-likeness (QED) is 0.779. The molecule has 1 N–H and O–H groups in total. The van der Waals surface area contributed by atoms with Gasteiger partial charge in [0, 0.05) is 10.9 Å². The molecule has 2 heterocycles. The van der Waals surface area contributed by atoms with Crippen molar-refractivity contribution in [1.82, 2.24) is 5.32 Å². The number of amides is 1. The van der Waals surface area contributed by atoms with Crippen molar-refractivity contribution in [3.05, 3.63) is 22.4 Å². The first-order valence-corrected chi connectivity index (χ1v) is 6.59. The number of amidine groups is 1. The van der Waals surface area contributed by atoms with E-state index in [9.17, 15) is 9.59 Å². The summed E-state index contributed by atoms with van der Waals surface area (Å²) in [5.74, 6) is 0.444. The highest BCUT2D eigenvalue weighted by Crippen LogP contribution is 2.12. The van der Waals surface area contributed by atoms with E-state index in [4.69, 9.17) is 0 Å². The molecule has 6 heteroatoms. The van der Waals surface area contributed by atoms with Crippen LogP contribution in [0.1, 0.15) is 18.9 Å². The second kappa shape index (κ2) is 5.68. The summed E-state index contributed by atoms with van der Waals surface area (Å²) >= 11 is 1.56. The van der Waals surface area contributed by atoms with Crippen molar-refractivity contribution in [3.63, 3.8) is 0 Å². The van der Waals surface area contributed by atoms with Crippen molar-refractivity contribution in [2.75, 3.05) is 6.54 Å². The van der Waals surface area contributed by atoms with Crippen molar-refractivity contribution in [2.24, 2.45) is 9.98 Å². The molecule has 0 saturated carbocycles. The van der Waals surface area contributed by atoms with Gasteiger partial charge in [-0.3, -0.25) is 14.6 Å². The van der Waals surface area contributed by atoms with Crippen LogP contribution in [-0.4, -0.2) is 36.3 Å². The molecule has 1 aliphatic rings. The number of Topliss-reactive ketones (excluding diaryl/α,β-unsaturated/α-hetero) is 1. The Morgan fingerprint density at radius 1 is 1.67 bits per heavy atom. The van der Waals surface area contributed by atoms with Crippen molar-refractivity contribution >= 4 is 35.1 Å². The van der Waals surface area contributed by atoms with Crippen LogP contribution in [0.3, 0.4) is 0 Å². The molecule has 5 nitrogen and oxygen atoms in total. The molecule has 0 aromatic carbocycles. The van der Waals surface area contributed by atoms with Gasteiger partial charge in [-0.15, -0.1) is 0 Å². The normalized spacial score (nSPS) is 15.8. The Morgan fingerprint density at radius 3 is 3.11 bits per heavy atom. The average Bonchev–Trinajstić information content (AvgIpc) is 3.04. The van der Waals surface area contributed by atoms with Crippen molar-refractivity contribution in [2.45, 2.75) is 19.4 Å². The zero-order chi connectivity index (χ0) is 13.0. The molecule has 1 atom stereocenters. The van der Waals surface area contributed by atoms with Gasteiger partial charge >= 0.3 is 0 Å². The van der Waals surface area contributed by atoms with Gasteiger partial charge in [0.15, 0.2) is 5.84 Å². The fourth-order valence-corrected chi connectivity index (χ4v) is 2.33. The molecule has 94 valence electrons. The third-order valence-electron chi connectivity index (χ3n) is 2.68. The Labute approximate surface area is 109 Å². The number of nitrogens with zero attached hydrogens (tertiary/aromatic N) is 2. The molecule has 1 amide bonds. The summed E-state index contributed by atoms with van der Waals surface area (Å²) in [5, 5.41) is 6.38. The predicted molar refractivity (Wildman–Crippen MR) is 71.4 cm³/mol. The second-order valence-corrected chi connectivity index (χ2v) is 4.60. The first-order valence-electron chi connectivity index (χ1n) is 5.64. The van der Waals surface area contributed by atoms with Gasteiger partial charge < -0.3 is 5.32 Å². The third-order valence-corrected chi connectivity index (χ3v) is 3.36. The summed E-state index contributed by atoms with van der Waals surface area (Å²) < 4.78 is 0. The minimum Gasteiger partial charge on any atom is -0.348 e. The van der Waals surface area contributed by atoms with E-state index in [1.807, 2.05) is 23.8 Å². The lowest BCUT2D eigenvalue weighted by Gasteiger charge is -2.11. The van der Waals surface area contributed by atoms with E-state index >= 15 is 0 Å². The molecule has 0 spiro atoms. The summed E-state index contributed by atoms with van der Waals surface area (Å²) in [7, 11) is 0. The van der Waals surface area contributed by atoms with Gasteiger partial charge in [0.25, 0.3) is 0 Å². The third kappa shape index (κ3) is 2.53. The number of ketones is 1. The van der Waals surface area contributed by atoms with Crippen molar-refractivity contribution in [3.8, 4) is 0 Å². The van der Waals surface area contributed by atoms with Crippen molar-refractivity contribution < 1.29 is 9.59 Å². The first-order chi connectivity index (χ1) is 8.76. The average molecular weight is 263 g/mol. The number of aliphatic imine (C=N–C) groups is 2. The SMILES string of the molecule is CCC(NC=O)C(=O)C1=NC(c2ccsc2)=NC1. The van der Waals surface area contributed by atoms with E-state index in [1.54, 1.807) is 11.3 Å². The number of hydrogen-bond acceptors (Lipinski definition) is 5. The van der Waals surface area contributed by atoms with Crippen LogP contribution >= 0.6 is 11.3 Å². The number of nitrogens with one attached hydrogen (secondary N) is 1. The number of hydrogen-bond donors (Lipinski definition) is 1. The Hall–Kier alpha value is -1.82. The summed E-state index contributed by atoms with van der Waals surface area (Å²) in [6.45, 7) is 2.14. The minimum absolute atomic E-state index is 0.154. The number of carbonyl (C=O) groups is 2. The molecule has 1 unspecified atom stereocenters. The van der Waals surface area contributed by atoms with E-state index in [0.29, 0.717) is 30.9 Å². The number of rotatable bonds is 6. The molecular weight excluding hydrogens is 250 g/mol. The van der Waals surface area contributed by atoms with Crippen LogP contribution < -0.4 is 5.32 Å². The van der Waals surface area contributed by atoms with Gasteiger partial charge in [0.2, 0.25) is 12.2 Å². The Balaban J connectivity index is 2.10. The van der Waals surface area contributed by atoms with E-state index in [2.05, 4.69) is 15.3 Å². The number of carbonyl (C=O) groups excluding carboxylic acids is 2. The van der Waals surface area contributed by atoms with Gasteiger partial charge in [-0.05, 0) is 17.9 Å². The fraction of sp³-hybridized carbons (Fsp3) is 0.333. The van der Waals surface area contributed by atoms with Gasteiger partial charge in [-0.25, -0.2) is 4.99 Å². The largest absolute Gasteiger partial charge is 0.348 e. The first kappa shape index (κ1) is 12.6. The standard InChI is InChI=1S/C12H13N3O2S/c1-2-9(14-7-16)11(17)10-5-13-12(15-10)8-3-4-18-6-8/h3-4,6-7,9H,2,5H2,1H3,(H,14,16). The Kier molecular flexibility index (Phi) is 3.99. The van der Waals surface area contributed by atoms with E-state index in [0.717, 1.165) is 5.56 Å². The monoisotopic (exact) mass is 263 g/mol. The molecule has 1 aromatic rings. The van der Waals surface area contributed by atoms with Crippen LogP contribution in [-0.2, 0) is 9.59 Å². The van der Waals surface area contributed by atoms with Gasteiger partial charge in [0.1, 0.15) is 5.71 Å². The van der Waals surface area contributed by atoms with Crippen LogP contribution in [0.15, 0.2) is 26.8 Å². The van der Waals surface area contributed by atoms with Crippen LogP contribution in [0.4, 0.5) is 0 Å². The summed E-state index contributed by atoms with van der Waals surface area (Å²) in [4.78, 5) is 31.0. The minimum atomic E-state index is -0.502. The maximum Gasteiger partial charge on any atom is 0.207 e. The summed E-state index contributed by atoms with van der Waals surface area (Å²) in [6.07, 6.45) is 1.09. The van der Waals surface area contributed by atoms with Crippen LogP contribution in [0.5, 0.6) is 0 Å². The van der Waals surface area contributed by atoms with Crippen LogP contribution in [0.2, 0.25) is 0 Å². The van der Waals surface area contributed by atoms with Crippen molar-refractivity contribution in [1.29, 1.82) is 0 Å². The highest BCUT2D eigenvalue weighted by molar-refractivity contribution is 7.08. The van der Waals surface area contributed by atoms with Crippen LogP contribution in [0, 0.1) is 0 Å². The molecule has 1 aliphatic heterocycles. The maximum atomic E-state index is 12.1. The Morgan fingerprint density at radius 2 is 2.50 bits per heavy atom. The molecule has 2 rings (SSSR count).